The van der Waals surface area contributed by atoms with Crippen molar-refractivity contribution in [1.29, 1.82) is 0 Å². The highest BCUT2D eigenvalue weighted by Gasteiger charge is 2.32. The summed E-state index contributed by atoms with van der Waals surface area (Å²) in [6.07, 6.45) is -0.402. The number of amides is 1. The molecule has 0 saturated carbocycles. The van der Waals surface area contributed by atoms with E-state index in [1.807, 2.05) is 0 Å². The molecule has 0 unspecified atom stereocenters. The highest BCUT2D eigenvalue weighted by Crippen LogP contribution is 2.33. The van der Waals surface area contributed by atoms with Crippen LogP contribution in [0.25, 0.3) is 0 Å². The van der Waals surface area contributed by atoms with Crippen molar-refractivity contribution in [2.45, 2.75) is 46.6 Å². The third kappa shape index (κ3) is 5.74. The van der Waals surface area contributed by atoms with Crippen LogP contribution in [0.4, 0.5) is 14.9 Å². The zero-order valence-corrected chi connectivity index (χ0v) is 16.8. The highest BCUT2D eigenvalue weighted by molar-refractivity contribution is 9.10. The molecule has 1 aromatic carbocycles. The lowest BCUT2D eigenvalue weighted by molar-refractivity contribution is 0.0635. The van der Waals surface area contributed by atoms with E-state index in [0.717, 1.165) is 0 Å². The lowest BCUT2D eigenvalue weighted by atomic mass is 9.81. The molecule has 0 aliphatic rings. The maximum atomic E-state index is 14.4. The maximum absolute atomic E-state index is 14.4. The SMILES string of the molecule is CC(C)(C)OC(=O)Nc1c(F)cc(Br)cc1C(=O)C(C)(C)CCCl. The average Bonchev–Trinajstić information content (AvgIpc) is 2.38. The van der Waals surface area contributed by atoms with Gasteiger partial charge in [-0.1, -0.05) is 29.8 Å². The molecule has 1 amide bonds. The van der Waals surface area contributed by atoms with Gasteiger partial charge in [-0.25, -0.2) is 9.18 Å². The van der Waals surface area contributed by atoms with Crippen molar-refractivity contribution < 1.29 is 18.7 Å². The van der Waals surface area contributed by atoms with E-state index in [1.54, 1.807) is 34.6 Å². The second kappa shape index (κ2) is 7.83. The van der Waals surface area contributed by atoms with Crippen molar-refractivity contribution in [3.8, 4) is 0 Å². The molecule has 0 aromatic heterocycles. The fraction of sp³-hybridized carbons (Fsp3) is 0.529. The molecule has 0 bridgehead atoms. The number of anilines is 1. The van der Waals surface area contributed by atoms with Crippen LogP contribution in [-0.2, 0) is 4.74 Å². The van der Waals surface area contributed by atoms with Gasteiger partial charge in [0, 0.05) is 21.3 Å². The van der Waals surface area contributed by atoms with E-state index in [-0.39, 0.29) is 17.0 Å². The van der Waals surface area contributed by atoms with Crippen molar-refractivity contribution in [2.75, 3.05) is 11.2 Å². The van der Waals surface area contributed by atoms with Crippen LogP contribution in [0, 0.1) is 11.2 Å². The van der Waals surface area contributed by atoms with Crippen LogP contribution in [0.1, 0.15) is 51.4 Å². The van der Waals surface area contributed by atoms with Crippen molar-refractivity contribution in [3.05, 3.63) is 28.0 Å². The fourth-order valence-corrected chi connectivity index (χ4v) is 2.90. The van der Waals surface area contributed by atoms with Gasteiger partial charge in [0.15, 0.2) is 5.78 Å². The largest absolute Gasteiger partial charge is 0.444 e. The summed E-state index contributed by atoms with van der Waals surface area (Å²) in [5, 5.41) is 2.35. The zero-order valence-electron chi connectivity index (χ0n) is 14.4. The van der Waals surface area contributed by atoms with Gasteiger partial charge in [0.25, 0.3) is 0 Å². The van der Waals surface area contributed by atoms with E-state index < -0.39 is 22.9 Å². The summed E-state index contributed by atoms with van der Waals surface area (Å²) >= 11 is 8.93. The average molecular weight is 423 g/mol. The molecule has 7 heteroatoms. The fourth-order valence-electron chi connectivity index (χ4n) is 2.00. The first-order valence-corrected chi connectivity index (χ1v) is 8.80. The van der Waals surface area contributed by atoms with Gasteiger partial charge in [-0.2, -0.15) is 0 Å². The number of nitrogens with one attached hydrogen (secondary N) is 1. The van der Waals surface area contributed by atoms with Crippen LogP contribution in [0.3, 0.4) is 0 Å². The third-order valence-corrected chi connectivity index (χ3v) is 3.91. The third-order valence-electron chi connectivity index (χ3n) is 3.26. The molecule has 0 aliphatic heterocycles. The van der Waals surface area contributed by atoms with Gasteiger partial charge >= 0.3 is 6.09 Å². The monoisotopic (exact) mass is 421 g/mol. The van der Waals surface area contributed by atoms with Gasteiger partial charge in [0.1, 0.15) is 11.4 Å². The lowest BCUT2D eigenvalue weighted by Crippen LogP contribution is -2.30. The van der Waals surface area contributed by atoms with Crippen molar-refractivity contribution in [3.63, 3.8) is 0 Å². The zero-order chi connectivity index (χ0) is 18.7. The Morgan fingerprint density at radius 2 is 1.83 bits per heavy atom. The molecule has 0 heterocycles. The number of carbonyl (C=O) groups excluding carboxylic acids is 2. The molecule has 0 atom stereocenters. The minimum absolute atomic E-state index is 0.0721. The summed E-state index contributed by atoms with van der Waals surface area (Å²) in [5.41, 5.74) is -1.65. The van der Waals surface area contributed by atoms with Crippen molar-refractivity contribution >= 4 is 45.1 Å². The molecular formula is C17H22BrClFNO3. The number of carbonyl (C=O) groups is 2. The number of hydrogen-bond acceptors (Lipinski definition) is 3. The Kier molecular flexibility index (Phi) is 6.82. The molecule has 0 fully saturated rings. The van der Waals surface area contributed by atoms with Gasteiger partial charge in [-0.15, -0.1) is 11.6 Å². The Bertz CT molecular complexity index is 641. The Hall–Kier alpha value is -1.14. The summed E-state index contributed by atoms with van der Waals surface area (Å²) in [6.45, 7) is 8.54. The molecule has 1 rings (SSSR count). The molecule has 24 heavy (non-hydrogen) atoms. The normalized spacial score (nSPS) is 12.0. The number of Topliss-reactive ketones (excluding diaryl/α,β-unsaturated/α-hetero) is 1. The van der Waals surface area contributed by atoms with E-state index in [4.69, 9.17) is 16.3 Å². The Morgan fingerprint density at radius 1 is 1.25 bits per heavy atom. The van der Waals surface area contributed by atoms with Gasteiger partial charge in [-0.05, 0) is 39.3 Å². The maximum Gasteiger partial charge on any atom is 0.412 e. The number of alkyl halides is 1. The first-order chi connectivity index (χ1) is 10.9. The molecule has 4 nitrogen and oxygen atoms in total. The number of hydrogen-bond donors (Lipinski definition) is 1. The van der Waals surface area contributed by atoms with Gasteiger partial charge in [-0.3, -0.25) is 10.1 Å². The topological polar surface area (TPSA) is 55.4 Å². The number of benzene rings is 1. The van der Waals surface area contributed by atoms with Gasteiger partial charge in [0.05, 0.1) is 5.69 Å². The quantitative estimate of drug-likeness (QED) is 0.484. The smallest absolute Gasteiger partial charge is 0.412 e. The number of ether oxygens (including phenoxy) is 1. The Morgan fingerprint density at radius 3 is 2.33 bits per heavy atom. The number of halogens is 3. The van der Waals surface area contributed by atoms with E-state index in [0.29, 0.717) is 16.8 Å². The van der Waals surface area contributed by atoms with Crippen LogP contribution < -0.4 is 5.32 Å². The molecule has 0 spiro atoms. The second-order valence-electron chi connectivity index (χ2n) is 7.09. The predicted octanol–water partition coefficient (Wildman–Crippen LogP) is 5.77. The molecule has 0 saturated heterocycles. The minimum Gasteiger partial charge on any atom is -0.444 e. The second-order valence-corrected chi connectivity index (χ2v) is 8.38. The molecule has 134 valence electrons. The van der Waals surface area contributed by atoms with E-state index >= 15 is 0 Å². The van der Waals surface area contributed by atoms with Crippen molar-refractivity contribution in [1.82, 2.24) is 0 Å². The minimum atomic E-state index is -0.826. The van der Waals surface area contributed by atoms with E-state index in [9.17, 15) is 14.0 Å². The lowest BCUT2D eigenvalue weighted by Gasteiger charge is -2.25. The van der Waals surface area contributed by atoms with Crippen LogP contribution in [0.15, 0.2) is 16.6 Å². The number of ketones is 1. The summed E-state index contributed by atoms with van der Waals surface area (Å²) < 4.78 is 19.9. The Balaban J connectivity index is 3.26. The van der Waals surface area contributed by atoms with E-state index in [1.165, 1.54) is 12.1 Å². The van der Waals surface area contributed by atoms with Crippen LogP contribution in [0.2, 0.25) is 0 Å². The predicted molar refractivity (Wildman–Crippen MR) is 97.4 cm³/mol. The molecular weight excluding hydrogens is 401 g/mol. The van der Waals surface area contributed by atoms with Gasteiger partial charge < -0.3 is 4.74 Å². The summed E-state index contributed by atoms with van der Waals surface area (Å²) in [7, 11) is 0. The van der Waals surface area contributed by atoms with Crippen LogP contribution >= 0.6 is 27.5 Å². The van der Waals surface area contributed by atoms with Crippen LogP contribution in [0.5, 0.6) is 0 Å². The standard InChI is InChI=1S/C17H22BrClFNO3/c1-16(2,3)24-15(23)21-13-11(8-10(18)9-12(13)20)14(22)17(4,5)6-7-19/h8-9H,6-7H2,1-5H3,(H,21,23). The Labute approximate surface area is 155 Å². The molecule has 0 radical (unpaired) electrons. The van der Waals surface area contributed by atoms with E-state index in [2.05, 4.69) is 21.2 Å². The summed E-state index contributed by atoms with van der Waals surface area (Å²) in [5.74, 6) is -0.737. The molecule has 1 aromatic rings. The number of rotatable bonds is 5. The molecule has 1 N–H and O–H groups in total. The molecule has 0 aliphatic carbocycles. The highest BCUT2D eigenvalue weighted by atomic mass is 79.9. The van der Waals surface area contributed by atoms with Gasteiger partial charge in [0.2, 0.25) is 0 Å². The summed E-state index contributed by atoms with van der Waals surface area (Å²) in [6, 6.07) is 2.66. The van der Waals surface area contributed by atoms with Crippen molar-refractivity contribution in [2.24, 2.45) is 5.41 Å². The van der Waals surface area contributed by atoms with Crippen LogP contribution in [-0.4, -0.2) is 23.4 Å². The first kappa shape index (κ1) is 20.9. The summed E-state index contributed by atoms with van der Waals surface area (Å²) in [4.78, 5) is 24.8. The first-order valence-electron chi connectivity index (χ1n) is 7.47.